The summed E-state index contributed by atoms with van der Waals surface area (Å²) in [6.07, 6.45) is -5.96. The average molecular weight is 396 g/mol. The second-order valence-electron chi connectivity index (χ2n) is 7.90. The lowest BCUT2D eigenvalue weighted by Gasteiger charge is -2.33. The van der Waals surface area contributed by atoms with Crippen molar-refractivity contribution in [3.05, 3.63) is 0 Å². The quantitative estimate of drug-likeness (QED) is 0.674. The minimum Gasteiger partial charge on any atom is -0.458 e. The maximum absolute atomic E-state index is 13.5. The van der Waals surface area contributed by atoms with Crippen LogP contribution in [0.5, 0.6) is 0 Å². The highest BCUT2D eigenvalue weighted by molar-refractivity contribution is 7.91. The lowest BCUT2D eigenvalue weighted by molar-refractivity contribution is -0.231. The van der Waals surface area contributed by atoms with Gasteiger partial charge in [0.15, 0.2) is 5.41 Å². The van der Waals surface area contributed by atoms with Crippen LogP contribution in [0, 0.1) is 23.2 Å². The largest absolute Gasteiger partial charge is 0.458 e. The monoisotopic (exact) mass is 396 g/mol. The van der Waals surface area contributed by atoms with Crippen molar-refractivity contribution in [1.82, 2.24) is 0 Å². The maximum atomic E-state index is 13.5. The minimum atomic E-state index is -4.67. The fourth-order valence-electron chi connectivity index (χ4n) is 5.13. The lowest BCUT2D eigenvalue weighted by Crippen LogP contribution is -2.48. The molecule has 2 aliphatic heterocycles. The van der Waals surface area contributed by atoms with Gasteiger partial charge in [-0.25, -0.2) is 8.42 Å². The summed E-state index contributed by atoms with van der Waals surface area (Å²) >= 11 is 0. The maximum Gasteiger partial charge on any atom is 0.405 e. The van der Waals surface area contributed by atoms with E-state index in [0.717, 1.165) is 0 Å². The number of alkyl halides is 3. The molecule has 0 amide bonds. The summed E-state index contributed by atoms with van der Waals surface area (Å²) in [6.45, 7) is 0. The molecular formula is C16H19F3O6S. The van der Waals surface area contributed by atoms with E-state index < -0.39 is 63.8 Å². The Kier molecular flexibility index (Phi) is 3.88. The number of ether oxygens (including phenoxy) is 2. The molecule has 2 heterocycles. The second kappa shape index (κ2) is 5.59. The van der Waals surface area contributed by atoms with E-state index in [2.05, 4.69) is 0 Å². The van der Waals surface area contributed by atoms with Crippen LogP contribution in [0.1, 0.15) is 32.1 Å². The van der Waals surface area contributed by atoms with Crippen molar-refractivity contribution in [1.29, 1.82) is 0 Å². The van der Waals surface area contributed by atoms with Crippen molar-refractivity contribution in [2.75, 3.05) is 11.5 Å². The van der Waals surface area contributed by atoms with Crippen molar-refractivity contribution >= 4 is 21.8 Å². The zero-order chi connectivity index (χ0) is 18.9. The molecule has 5 atom stereocenters. The van der Waals surface area contributed by atoms with Crippen molar-refractivity contribution in [3.8, 4) is 0 Å². The van der Waals surface area contributed by atoms with Gasteiger partial charge in [-0.3, -0.25) is 9.59 Å². The van der Waals surface area contributed by atoms with E-state index >= 15 is 0 Å². The third-order valence-corrected chi connectivity index (χ3v) is 8.18. The first-order valence-corrected chi connectivity index (χ1v) is 10.5. The SMILES string of the molecule is O=C(CC1CCS(=O)(=O)CC1)OC1C2CC3C1OC(=O)C3(C(F)(F)F)C2. The first-order chi connectivity index (χ1) is 12.0. The highest BCUT2D eigenvalue weighted by Crippen LogP contribution is 2.67. The van der Waals surface area contributed by atoms with Gasteiger partial charge >= 0.3 is 18.1 Å². The number of carbonyl (C=O) groups excluding carboxylic acids is 2. The van der Waals surface area contributed by atoms with Crippen molar-refractivity contribution in [2.24, 2.45) is 23.2 Å². The molecule has 6 nitrogen and oxygen atoms in total. The Bertz CT molecular complexity index is 734. The van der Waals surface area contributed by atoms with Gasteiger partial charge < -0.3 is 9.47 Å². The number of fused-ring (bicyclic) bond motifs is 1. The van der Waals surface area contributed by atoms with Gasteiger partial charge in [-0.15, -0.1) is 0 Å². The molecule has 4 aliphatic rings. The third-order valence-electron chi connectivity index (χ3n) is 6.47. The number of esters is 2. The number of sulfone groups is 1. The molecule has 10 heteroatoms. The summed E-state index contributed by atoms with van der Waals surface area (Å²) < 4.78 is 73.6. The first kappa shape index (κ1) is 18.1. The molecule has 5 unspecified atom stereocenters. The van der Waals surface area contributed by atoms with E-state index in [4.69, 9.17) is 9.47 Å². The zero-order valence-corrected chi connectivity index (χ0v) is 14.6. The van der Waals surface area contributed by atoms with Gasteiger partial charge in [-0.1, -0.05) is 0 Å². The van der Waals surface area contributed by atoms with Crippen LogP contribution in [0.2, 0.25) is 0 Å². The van der Waals surface area contributed by atoms with Gasteiger partial charge in [0.2, 0.25) is 0 Å². The Balaban J connectivity index is 1.40. The van der Waals surface area contributed by atoms with Gasteiger partial charge in [0.05, 0.1) is 11.5 Å². The number of carbonyl (C=O) groups is 2. The molecule has 4 rings (SSSR count). The van der Waals surface area contributed by atoms with Crippen LogP contribution in [0.4, 0.5) is 13.2 Å². The number of hydrogen-bond acceptors (Lipinski definition) is 6. The predicted octanol–water partition coefficient (Wildman–Crippen LogP) is 1.63. The standard InChI is InChI=1S/C16H19F3O6S/c17-16(18,19)15-7-9-6-10(15)13(25-14(15)21)12(9)24-11(20)5-8-1-3-26(22,23)4-2-8/h8-10,12-13H,1-7H2. The number of hydrogen-bond donors (Lipinski definition) is 0. The fraction of sp³-hybridized carbons (Fsp3) is 0.875. The normalized spacial score (nSPS) is 41.3. The van der Waals surface area contributed by atoms with Crippen molar-refractivity contribution in [2.45, 2.75) is 50.5 Å². The number of halogens is 3. The predicted molar refractivity (Wildman–Crippen MR) is 80.5 cm³/mol. The number of rotatable bonds is 3. The van der Waals surface area contributed by atoms with E-state index in [1.807, 2.05) is 0 Å². The highest BCUT2D eigenvalue weighted by Gasteiger charge is 2.80. The molecule has 2 bridgehead atoms. The third kappa shape index (κ3) is 2.55. The van der Waals surface area contributed by atoms with Crippen LogP contribution >= 0.6 is 0 Å². The van der Waals surface area contributed by atoms with Crippen LogP contribution in [-0.4, -0.2) is 50.2 Å². The van der Waals surface area contributed by atoms with E-state index in [0.29, 0.717) is 12.8 Å². The summed E-state index contributed by atoms with van der Waals surface area (Å²) in [6, 6.07) is 0. The van der Waals surface area contributed by atoms with Gasteiger partial charge in [-0.05, 0) is 31.6 Å². The van der Waals surface area contributed by atoms with Crippen molar-refractivity contribution < 1.29 is 40.7 Å². The molecule has 2 aliphatic carbocycles. The molecular weight excluding hydrogens is 377 g/mol. The fourth-order valence-corrected chi connectivity index (χ4v) is 6.72. The molecule has 4 fully saturated rings. The molecule has 146 valence electrons. The average Bonchev–Trinajstić information content (AvgIpc) is 3.11. The Morgan fingerprint density at radius 2 is 1.92 bits per heavy atom. The van der Waals surface area contributed by atoms with E-state index in [9.17, 15) is 31.2 Å². The molecule has 0 spiro atoms. The molecule has 0 aromatic rings. The first-order valence-electron chi connectivity index (χ1n) is 8.71. The van der Waals surface area contributed by atoms with E-state index in [-0.39, 0.29) is 30.3 Å². The smallest absolute Gasteiger partial charge is 0.405 e. The molecule has 2 saturated heterocycles. The zero-order valence-electron chi connectivity index (χ0n) is 13.8. The lowest BCUT2D eigenvalue weighted by atomic mass is 9.73. The molecule has 0 aromatic carbocycles. The highest BCUT2D eigenvalue weighted by atomic mass is 32.2. The van der Waals surface area contributed by atoms with Gasteiger partial charge in [0.25, 0.3) is 0 Å². The van der Waals surface area contributed by atoms with E-state index in [1.165, 1.54) is 0 Å². The minimum absolute atomic E-state index is 0.0351. The Labute approximate surface area is 148 Å². The van der Waals surface area contributed by atoms with Crippen LogP contribution in [0.25, 0.3) is 0 Å². The Morgan fingerprint density at radius 3 is 2.54 bits per heavy atom. The van der Waals surface area contributed by atoms with Crippen molar-refractivity contribution in [3.63, 3.8) is 0 Å². The summed E-state index contributed by atoms with van der Waals surface area (Å²) in [5, 5.41) is 0. The summed E-state index contributed by atoms with van der Waals surface area (Å²) in [5.74, 6) is -3.37. The van der Waals surface area contributed by atoms with Crippen LogP contribution in [0.3, 0.4) is 0 Å². The topological polar surface area (TPSA) is 86.7 Å². The summed E-state index contributed by atoms with van der Waals surface area (Å²) in [7, 11) is -3.03. The van der Waals surface area contributed by atoms with Crippen LogP contribution in [-0.2, 0) is 28.9 Å². The molecule has 0 N–H and O–H groups in total. The summed E-state index contributed by atoms with van der Waals surface area (Å²) in [4.78, 5) is 24.1. The molecule has 0 radical (unpaired) electrons. The Hall–Kier alpha value is -1.32. The van der Waals surface area contributed by atoms with E-state index in [1.54, 1.807) is 0 Å². The molecule has 2 saturated carbocycles. The molecule has 26 heavy (non-hydrogen) atoms. The summed E-state index contributed by atoms with van der Waals surface area (Å²) in [5.41, 5.74) is -2.44. The van der Waals surface area contributed by atoms with Gasteiger partial charge in [0, 0.05) is 18.3 Å². The van der Waals surface area contributed by atoms with Crippen LogP contribution < -0.4 is 0 Å². The van der Waals surface area contributed by atoms with Gasteiger partial charge in [0.1, 0.15) is 22.0 Å². The van der Waals surface area contributed by atoms with Crippen LogP contribution in [0.15, 0.2) is 0 Å². The Morgan fingerprint density at radius 1 is 1.27 bits per heavy atom. The second-order valence-corrected chi connectivity index (χ2v) is 10.2. The van der Waals surface area contributed by atoms with Gasteiger partial charge in [-0.2, -0.15) is 13.2 Å². The molecule has 0 aromatic heterocycles.